The minimum absolute atomic E-state index is 0.200. The van der Waals surface area contributed by atoms with Crippen molar-refractivity contribution in [3.8, 4) is 30.4 Å². The summed E-state index contributed by atoms with van der Waals surface area (Å²) >= 11 is 6.05. The molecule has 0 amide bonds. The van der Waals surface area contributed by atoms with Gasteiger partial charge in [-0.1, -0.05) is 23.4 Å². The first-order valence-corrected chi connectivity index (χ1v) is 8.71. The zero-order valence-corrected chi connectivity index (χ0v) is 15.4. The maximum atomic E-state index is 10.2. The van der Waals surface area contributed by atoms with Gasteiger partial charge in [-0.15, -0.1) is 12.8 Å². The van der Waals surface area contributed by atoms with Crippen LogP contribution in [-0.4, -0.2) is 28.1 Å². The molecule has 27 heavy (non-hydrogen) atoms. The van der Waals surface area contributed by atoms with Gasteiger partial charge in [0.25, 0.3) is 0 Å². The van der Waals surface area contributed by atoms with Crippen LogP contribution in [0.2, 0.25) is 5.02 Å². The summed E-state index contributed by atoms with van der Waals surface area (Å²) in [6.07, 6.45) is 12.5. The third-order valence-corrected chi connectivity index (χ3v) is 4.32. The van der Waals surface area contributed by atoms with Gasteiger partial charge in [-0.05, 0) is 42.5 Å². The van der Waals surface area contributed by atoms with E-state index in [0.717, 1.165) is 27.8 Å². The number of nitrogens with one attached hydrogen (secondary N) is 1. The van der Waals surface area contributed by atoms with Crippen LogP contribution in [0.5, 0.6) is 5.75 Å². The van der Waals surface area contributed by atoms with E-state index in [1.165, 1.54) is 0 Å². The quantitative estimate of drug-likeness (QED) is 0.495. The molecule has 3 aromatic rings. The summed E-state index contributed by atoms with van der Waals surface area (Å²) in [6, 6.07) is 12.8. The van der Waals surface area contributed by atoms with Crippen LogP contribution in [0.3, 0.4) is 0 Å². The Hall–Kier alpha value is -3.18. The average Bonchev–Trinajstić information content (AvgIpc) is 2.65. The van der Waals surface area contributed by atoms with E-state index in [-0.39, 0.29) is 5.75 Å². The second-order valence-corrected chi connectivity index (χ2v) is 6.48. The topological polar surface area (TPSA) is 48.4 Å². The van der Waals surface area contributed by atoms with Crippen LogP contribution in [-0.2, 0) is 6.54 Å². The van der Waals surface area contributed by atoms with Gasteiger partial charge in [0, 0.05) is 40.1 Å². The maximum absolute atomic E-state index is 10.2. The molecule has 1 heterocycles. The molecular formula is C22H18ClN3O. The third kappa shape index (κ3) is 4.51. The lowest BCUT2D eigenvalue weighted by atomic mass is 10.1. The van der Waals surface area contributed by atoms with E-state index in [1.807, 2.05) is 41.3 Å². The SMILES string of the molecule is C#CCN(CC#C)Cc1cc(Nc2ccnc3cc(Cl)ccc23)ccc1O. The second kappa shape index (κ2) is 8.47. The van der Waals surface area contributed by atoms with Crippen molar-refractivity contribution >= 4 is 33.9 Å². The molecular weight excluding hydrogens is 358 g/mol. The van der Waals surface area contributed by atoms with Crippen LogP contribution >= 0.6 is 11.6 Å². The third-order valence-electron chi connectivity index (χ3n) is 4.09. The molecule has 0 spiro atoms. The molecule has 1 aromatic heterocycles. The first-order valence-electron chi connectivity index (χ1n) is 8.33. The Balaban J connectivity index is 1.89. The summed E-state index contributed by atoms with van der Waals surface area (Å²) in [5.41, 5.74) is 3.29. The summed E-state index contributed by atoms with van der Waals surface area (Å²) < 4.78 is 0. The Labute approximate surface area is 163 Å². The highest BCUT2D eigenvalue weighted by Gasteiger charge is 2.10. The van der Waals surface area contributed by atoms with E-state index in [1.54, 1.807) is 12.3 Å². The van der Waals surface area contributed by atoms with Crippen molar-refractivity contribution in [2.24, 2.45) is 0 Å². The Morgan fingerprint density at radius 2 is 1.85 bits per heavy atom. The molecule has 0 aliphatic rings. The van der Waals surface area contributed by atoms with E-state index in [4.69, 9.17) is 24.4 Å². The number of halogens is 1. The molecule has 2 N–H and O–H groups in total. The Morgan fingerprint density at radius 3 is 2.59 bits per heavy atom. The average molecular weight is 376 g/mol. The van der Waals surface area contributed by atoms with Crippen molar-refractivity contribution in [3.63, 3.8) is 0 Å². The lowest BCUT2D eigenvalue weighted by Gasteiger charge is -2.18. The number of aromatic hydroxyl groups is 1. The van der Waals surface area contributed by atoms with E-state index in [2.05, 4.69) is 22.1 Å². The number of pyridine rings is 1. The number of nitrogens with zero attached hydrogens (tertiary/aromatic N) is 2. The number of phenolic OH excluding ortho intramolecular Hbond substituents is 1. The normalized spacial score (nSPS) is 10.5. The molecule has 0 bridgehead atoms. The van der Waals surface area contributed by atoms with Crippen LogP contribution < -0.4 is 5.32 Å². The highest BCUT2D eigenvalue weighted by molar-refractivity contribution is 6.31. The van der Waals surface area contributed by atoms with Gasteiger partial charge in [-0.2, -0.15) is 0 Å². The summed E-state index contributed by atoms with van der Waals surface area (Å²) in [7, 11) is 0. The van der Waals surface area contributed by atoms with Gasteiger partial charge in [0.1, 0.15) is 5.75 Å². The summed E-state index contributed by atoms with van der Waals surface area (Å²) in [6.45, 7) is 1.29. The van der Waals surface area contributed by atoms with Crippen molar-refractivity contribution in [2.75, 3.05) is 18.4 Å². The van der Waals surface area contributed by atoms with Gasteiger partial charge < -0.3 is 10.4 Å². The Kier molecular flexibility index (Phi) is 5.84. The smallest absolute Gasteiger partial charge is 0.120 e. The number of rotatable bonds is 6. The molecule has 2 aromatic carbocycles. The fourth-order valence-corrected chi connectivity index (χ4v) is 3.01. The number of hydrogen-bond donors (Lipinski definition) is 2. The minimum Gasteiger partial charge on any atom is -0.508 e. The predicted octanol–water partition coefficient (Wildman–Crippen LogP) is 4.41. The number of fused-ring (bicyclic) bond motifs is 1. The zero-order chi connectivity index (χ0) is 19.2. The highest BCUT2D eigenvalue weighted by atomic mass is 35.5. The molecule has 3 rings (SSSR count). The number of hydrogen-bond acceptors (Lipinski definition) is 4. The second-order valence-electron chi connectivity index (χ2n) is 6.04. The van der Waals surface area contributed by atoms with Crippen molar-refractivity contribution in [2.45, 2.75) is 6.54 Å². The van der Waals surface area contributed by atoms with E-state index in [0.29, 0.717) is 24.7 Å². The van der Waals surface area contributed by atoms with Crippen molar-refractivity contribution < 1.29 is 5.11 Å². The van der Waals surface area contributed by atoms with Crippen molar-refractivity contribution in [3.05, 3.63) is 59.2 Å². The predicted molar refractivity (Wildman–Crippen MR) is 111 cm³/mol. The van der Waals surface area contributed by atoms with Crippen molar-refractivity contribution in [1.82, 2.24) is 9.88 Å². The van der Waals surface area contributed by atoms with Crippen molar-refractivity contribution in [1.29, 1.82) is 0 Å². The van der Waals surface area contributed by atoms with Crippen LogP contribution in [0.1, 0.15) is 5.56 Å². The number of terminal acetylenes is 2. The van der Waals surface area contributed by atoms with Gasteiger partial charge in [0.05, 0.1) is 18.6 Å². The van der Waals surface area contributed by atoms with Crippen LogP contribution in [0, 0.1) is 24.7 Å². The van der Waals surface area contributed by atoms with Gasteiger partial charge in [-0.25, -0.2) is 0 Å². The van der Waals surface area contributed by atoms with Gasteiger partial charge in [0.2, 0.25) is 0 Å². The lowest BCUT2D eigenvalue weighted by molar-refractivity contribution is 0.330. The molecule has 0 radical (unpaired) electrons. The van der Waals surface area contributed by atoms with Gasteiger partial charge in [0.15, 0.2) is 0 Å². The highest BCUT2D eigenvalue weighted by Crippen LogP contribution is 2.29. The van der Waals surface area contributed by atoms with Gasteiger partial charge >= 0.3 is 0 Å². The molecule has 134 valence electrons. The lowest BCUT2D eigenvalue weighted by Crippen LogP contribution is -2.24. The first kappa shape index (κ1) is 18.6. The van der Waals surface area contributed by atoms with Gasteiger partial charge in [-0.3, -0.25) is 9.88 Å². The molecule has 0 atom stereocenters. The van der Waals surface area contributed by atoms with Crippen LogP contribution in [0.25, 0.3) is 10.9 Å². The molecule has 5 heteroatoms. The minimum atomic E-state index is 0.200. The fourth-order valence-electron chi connectivity index (χ4n) is 2.84. The maximum Gasteiger partial charge on any atom is 0.120 e. The summed E-state index contributed by atoms with van der Waals surface area (Å²) in [4.78, 5) is 6.25. The largest absolute Gasteiger partial charge is 0.508 e. The van der Waals surface area contributed by atoms with Crippen LogP contribution in [0.15, 0.2) is 48.7 Å². The van der Waals surface area contributed by atoms with E-state index in [9.17, 15) is 5.11 Å². The molecule has 0 aliphatic heterocycles. The number of benzene rings is 2. The molecule has 0 fully saturated rings. The fraction of sp³-hybridized carbons (Fsp3) is 0.136. The number of phenols is 1. The van der Waals surface area contributed by atoms with Crippen LogP contribution in [0.4, 0.5) is 11.4 Å². The molecule has 4 nitrogen and oxygen atoms in total. The summed E-state index contributed by atoms with van der Waals surface area (Å²) in [5, 5.41) is 15.2. The summed E-state index contributed by atoms with van der Waals surface area (Å²) in [5.74, 6) is 5.37. The van der Waals surface area contributed by atoms with E-state index >= 15 is 0 Å². The Morgan fingerprint density at radius 1 is 1.07 bits per heavy atom. The zero-order valence-electron chi connectivity index (χ0n) is 14.6. The first-order chi connectivity index (χ1) is 13.1. The molecule has 0 aliphatic carbocycles. The molecule has 0 unspecified atom stereocenters. The monoisotopic (exact) mass is 375 g/mol. The standard InChI is InChI=1S/C22H18ClN3O/c1-3-11-26(12-4-2)15-16-13-18(6-8-22(16)27)25-20-9-10-24-21-14-17(23)5-7-19(20)21/h1-2,5-10,13-14,27H,11-12,15H2,(H,24,25). The van der Waals surface area contributed by atoms with E-state index < -0.39 is 0 Å². The number of anilines is 2. The Bertz CT molecular complexity index is 1030. The molecule has 0 saturated heterocycles. The molecule has 0 saturated carbocycles. The number of aromatic nitrogens is 1.